The molecule has 90 valence electrons. The molecule has 0 heterocycles. The monoisotopic (exact) mass is 342 g/mol. The second kappa shape index (κ2) is 10.7. The van der Waals surface area contributed by atoms with Crippen molar-refractivity contribution in [2.45, 2.75) is 0 Å². The summed E-state index contributed by atoms with van der Waals surface area (Å²) in [4.78, 5) is 36.0. The van der Waals surface area contributed by atoms with Gasteiger partial charge >= 0.3 is 34.1 Å². The molecular formula is H2CuMnO10P2. The summed E-state index contributed by atoms with van der Waals surface area (Å²) in [5.74, 6) is 0. The van der Waals surface area contributed by atoms with Gasteiger partial charge in [0.05, 0.1) is 15.6 Å². The van der Waals surface area contributed by atoms with Crippen LogP contribution in [0.2, 0.25) is 0 Å². The van der Waals surface area contributed by atoms with Crippen LogP contribution in [0.4, 0.5) is 0 Å². The fraction of sp³-hybridized carbons (Fsp3) is 0. The zero-order valence-corrected chi connectivity index (χ0v) is 9.65. The van der Waals surface area contributed by atoms with Gasteiger partial charge in [-0.05, 0) is 0 Å². The normalized spacial score (nSPS) is 10.1. The minimum absolute atomic E-state index is 0. The first-order valence-electron chi connectivity index (χ1n) is 1.83. The average molecular weight is 342 g/mol. The van der Waals surface area contributed by atoms with Crippen molar-refractivity contribution < 1.29 is 82.7 Å². The summed E-state index contributed by atoms with van der Waals surface area (Å²) in [6.45, 7) is 0. The van der Waals surface area contributed by atoms with Gasteiger partial charge in [0.25, 0.3) is 0 Å². The molecule has 0 bridgehead atoms. The molecule has 0 amide bonds. The summed E-state index contributed by atoms with van der Waals surface area (Å²) in [5.41, 5.74) is 0. The molecule has 10 nitrogen and oxygen atoms in total. The molecule has 0 spiro atoms. The van der Waals surface area contributed by atoms with E-state index >= 15 is 0 Å². The first-order chi connectivity index (χ1) is 5.12. The summed E-state index contributed by atoms with van der Waals surface area (Å²) in [7, 11) is -10.2. The topological polar surface area (TPSA) is 185 Å². The van der Waals surface area contributed by atoms with Gasteiger partial charge in [0.15, 0.2) is 0 Å². The number of hydrogen-bond acceptors (Lipinski definition) is 10. The Labute approximate surface area is 98.5 Å². The van der Waals surface area contributed by atoms with Gasteiger partial charge in [0.2, 0.25) is 0 Å². The van der Waals surface area contributed by atoms with E-state index in [2.05, 4.69) is 9.35 Å². The van der Waals surface area contributed by atoms with Crippen LogP contribution in [0.25, 0.3) is 0 Å². The Morgan fingerprint density at radius 2 is 0.929 bits per heavy atom. The minimum atomic E-state index is -5.09. The van der Waals surface area contributed by atoms with Crippen molar-refractivity contribution in [1.29, 1.82) is 0 Å². The molecule has 0 unspecified atom stereocenters. The Bertz CT molecular complexity index is 168. The fourth-order valence-electron chi connectivity index (χ4n) is 0. The van der Waals surface area contributed by atoms with Gasteiger partial charge in [-0.3, -0.25) is 0 Å². The maximum atomic E-state index is 9.00. The van der Waals surface area contributed by atoms with E-state index in [-0.39, 0.29) is 34.1 Å². The number of rotatable bonds is 2. The molecule has 0 rings (SSSR count). The third-order valence-electron chi connectivity index (χ3n) is 0.200. The first-order valence-corrected chi connectivity index (χ1v) is 4.75. The standard InChI is InChI=1S/Cu.Mn.2H3O5P/c;;2*1-5-6(2,3)4/h;;2*1H,(H2,2,3,4)/q2*+2;;/p-4. The zero-order chi connectivity index (χ0) is 10.4. The second-order valence-electron chi connectivity index (χ2n) is 1.06. The first kappa shape index (κ1) is 24.4. The summed E-state index contributed by atoms with van der Waals surface area (Å²) < 4.78 is 22.8. The van der Waals surface area contributed by atoms with E-state index in [0.29, 0.717) is 0 Å². The molecule has 0 aromatic heterocycles. The fourth-order valence-corrected chi connectivity index (χ4v) is 0. The van der Waals surface area contributed by atoms with Gasteiger partial charge in [-0.25, -0.2) is 19.9 Å². The smallest absolute Gasteiger partial charge is 0.788 e. The average Bonchev–Trinajstić information content (AvgIpc) is 1.86. The van der Waals surface area contributed by atoms with Crippen LogP contribution in [0.1, 0.15) is 0 Å². The molecule has 0 saturated heterocycles. The molecule has 0 atom stereocenters. The van der Waals surface area contributed by atoms with E-state index in [1.807, 2.05) is 0 Å². The number of hydrogen-bond donors (Lipinski definition) is 2. The SMILES string of the molecule is O=P([O-])([O-])OO.O=P([O-])([O-])OO.[Cu+2].[Mn+2]. The summed E-state index contributed by atoms with van der Waals surface area (Å²) in [6, 6.07) is 0. The van der Waals surface area contributed by atoms with Gasteiger partial charge in [0.1, 0.15) is 0 Å². The van der Waals surface area contributed by atoms with Crippen molar-refractivity contribution in [2.75, 3.05) is 0 Å². The van der Waals surface area contributed by atoms with Crippen LogP contribution in [0.15, 0.2) is 0 Å². The Hall–Kier alpha value is 1.18. The Morgan fingerprint density at radius 1 is 0.857 bits per heavy atom. The van der Waals surface area contributed by atoms with Gasteiger partial charge < -0.3 is 28.7 Å². The molecule has 2 N–H and O–H groups in total. The molecule has 0 aromatic rings. The van der Waals surface area contributed by atoms with Crippen molar-refractivity contribution >= 4 is 15.6 Å². The van der Waals surface area contributed by atoms with Gasteiger partial charge in [0, 0.05) is 0 Å². The van der Waals surface area contributed by atoms with Gasteiger partial charge in [-0.1, -0.05) is 0 Å². The third kappa shape index (κ3) is 37.9. The Morgan fingerprint density at radius 3 is 0.929 bits per heavy atom. The predicted octanol–water partition coefficient (Wildman–Crippen LogP) is -3.40. The van der Waals surface area contributed by atoms with Crippen LogP contribution in [0, 0.1) is 0 Å². The third-order valence-corrected chi connectivity index (χ3v) is 0.600. The molecule has 0 aromatic carbocycles. The van der Waals surface area contributed by atoms with E-state index in [1.54, 1.807) is 0 Å². The van der Waals surface area contributed by atoms with Crippen molar-refractivity contribution in [3.8, 4) is 0 Å². The predicted molar refractivity (Wildman–Crippen MR) is 22.6 cm³/mol. The van der Waals surface area contributed by atoms with E-state index in [4.69, 9.17) is 39.2 Å². The van der Waals surface area contributed by atoms with Crippen LogP contribution in [0.5, 0.6) is 0 Å². The minimum Gasteiger partial charge on any atom is -0.788 e. The molecule has 0 aliphatic heterocycles. The maximum absolute atomic E-state index is 9.00. The van der Waals surface area contributed by atoms with Crippen LogP contribution >= 0.6 is 15.6 Å². The zero-order valence-electron chi connectivity index (χ0n) is 5.73. The van der Waals surface area contributed by atoms with Crippen molar-refractivity contribution in [3.05, 3.63) is 0 Å². The molecule has 0 aliphatic rings. The largest absolute Gasteiger partial charge is 2.00 e. The van der Waals surface area contributed by atoms with Gasteiger partial charge in [-0.2, -0.15) is 0 Å². The molecule has 0 saturated carbocycles. The Balaban J connectivity index is -0.0000000625. The van der Waals surface area contributed by atoms with Crippen LogP contribution < -0.4 is 19.6 Å². The quantitative estimate of drug-likeness (QED) is 0.222. The van der Waals surface area contributed by atoms with Crippen molar-refractivity contribution in [3.63, 3.8) is 0 Å². The van der Waals surface area contributed by atoms with E-state index in [9.17, 15) is 0 Å². The van der Waals surface area contributed by atoms with Gasteiger partial charge in [-0.15, -0.1) is 0 Å². The van der Waals surface area contributed by atoms with Crippen molar-refractivity contribution in [2.24, 2.45) is 0 Å². The van der Waals surface area contributed by atoms with E-state index < -0.39 is 15.6 Å². The molecule has 0 fully saturated rings. The Kier molecular flexibility index (Phi) is 18.6. The van der Waals surface area contributed by atoms with Crippen LogP contribution in [-0.4, -0.2) is 10.5 Å². The summed E-state index contributed by atoms with van der Waals surface area (Å²) >= 11 is 0. The maximum Gasteiger partial charge on any atom is 2.00 e. The summed E-state index contributed by atoms with van der Waals surface area (Å²) in [6.07, 6.45) is 0. The molecule has 0 aliphatic carbocycles. The second-order valence-corrected chi connectivity index (χ2v) is 3.17. The van der Waals surface area contributed by atoms with Crippen LogP contribution in [0.3, 0.4) is 0 Å². The molecule has 14 heteroatoms. The molecule has 14 heavy (non-hydrogen) atoms. The molecule has 2 radical (unpaired) electrons. The molecular weight excluding hydrogens is 340 g/mol. The van der Waals surface area contributed by atoms with Crippen LogP contribution in [-0.2, 0) is 52.6 Å². The van der Waals surface area contributed by atoms with E-state index in [1.165, 1.54) is 0 Å². The number of phosphoric acid groups is 2. The summed E-state index contributed by atoms with van der Waals surface area (Å²) in [5, 5.41) is 14.0. The van der Waals surface area contributed by atoms with E-state index in [0.717, 1.165) is 0 Å². The van der Waals surface area contributed by atoms with Crippen molar-refractivity contribution in [1.82, 2.24) is 0 Å².